The van der Waals surface area contributed by atoms with Crippen LogP contribution in [0.3, 0.4) is 0 Å². The topological polar surface area (TPSA) is 72.9 Å². The maximum Gasteiger partial charge on any atom is 0.246 e. The molecule has 2 amide bonds. The van der Waals surface area contributed by atoms with Crippen LogP contribution in [0, 0.1) is 0 Å². The van der Waals surface area contributed by atoms with Gasteiger partial charge in [0.15, 0.2) is 0 Å². The van der Waals surface area contributed by atoms with Gasteiger partial charge in [0.05, 0.1) is 19.2 Å². The van der Waals surface area contributed by atoms with Crippen molar-refractivity contribution in [2.75, 3.05) is 39.8 Å². The molecule has 2 N–H and O–H groups in total. The Morgan fingerprint density at radius 1 is 1.47 bits per heavy atom. The van der Waals surface area contributed by atoms with Gasteiger partial charge in [-0.25, -0.2) is 0 Å². The highest BCUT2D eigenvalue weighted by Crippen LogP contribution is 2.07. The van der Waals surface area contributed by atoms with Gasteiger partial charge < -0.3 is 20.2 Å². The van der Waals surface area contributed by atoms with Crippen LogP contribution in [-0.4, -0.2) is 72.6 Å². The first-order valence-corrected chi connectivity index (χ1v) is 6.57. The molecule has 0 aliphatic carbocycles. The molecule has 108 valence electrons. The average molecular weight is 269 g/mol. The van der Waals surface area contributed by atoms with Gasteiger partial charge in [0.25, 0.3) is 0 Å². The summed E-state index contributed by atoms with van der Waals surface area (Å²) < 4.78 is 0. The molecule has 1 aliphatic rings. The Balaban J connectivity index is 2.35. The number of hydrogen-bond acceptors (Lipinski definition) is 4. The predicted molar refractivity (Wildman–Crippen MR) is 72.5 cm³/mol. The highest BCUT2D eigenvalue weighted by Gasteiger charge is 2.19. The van der Waals surface area contributed by atoms with Crippen molar-refractivity contribution >= 4 is 11.8 Å². The van der Waals surface area contributed by atoms with E-state index in [2.05, 4.69) is 16.8 Å². The first-order valence-electron chi connectivity index (χ1n) is 6.57. The summed E-state index contributed by atoms with van der Waals surface area (Å²) in [6.45, 7) is 5.93. The van der Waals surface area contributed by atoms with Gasteiger partial charge in [0.2, 0.25) is 11.8 Å². The highest BCUT2D eigenvalue weighted by molar-refractivity contribution is 5.90. The fraction of sp³-hybridized carbons (Fsp3) is 0.692. The number of rotatable bonds is 7. The van der Waals surface area contributed by atoms with Crippen molar-refractivity contribution in [1.29, 1.82) is 0 Å². The first kappa shape index (κ1) is 15.7. The molecular formula is C13H23N3O3. The van der Waals surface area contributed by atoms with Gasteiger partial charge in [-0.3, -0.25) is 9.59 Å². The van der Waals surface area contributed by atoms with Gasteiger partial charge in [0.1, 0.15) is 0 Å². The van der Waals surface area contributed by atoms with Crippen molar-refractivity contribution in [2.24, 2.45) is 0 Å². The Morgan fingerprint density at radius 2 is 2.11 bits per heavy atom. The molecule has 6 nitrogen and oxygen atoms in total. The maximum atomic E-state index is 11.7. The summed E-state index contributed by atoms with van der Waals surface area (Å²) in [6, 6.07) is -0.280. The fourth-order valence-electron chi connectivity index (χ4n) is 2.15. The standard InChI is InChI=1S/C13H23N3O3/c1-3-13(19)15(2)9-12(18)14-11(10-17)8-16-6-4-5-7-16/h3,11,17H,1,4-10H2,2H3,(H,14,18). The zero-order valence-corrected chi connectivity index (χ0v) is 11.5. The Morgan fingerprint density at radius 3 is 2.63 bits per heavy atom. The summed E-state index contributed by atoms with van der Waals surface area (Å²) in [4.78, 5) is 26.5. The van der Waals surface area contributed by atoms with Crippen LogP contribution in [0.2, 0.25) is 0 Å². The number of amides is 2. The molecule has 0 aromatic carbocycles. The summed E-state index contributed by atoms with van der Waals surface area (Å²) in [5.74, 6) is -0.564. The predicted octanol–water partition coefficient (Wildman–Crippen LogP) is -0.796. The second-order valence-corrected chi connectivity index (χ2v) is 4.85. The molecule has 0 bridgehead atoms. The van der Waals surface area contributed by atoms with Crippen LogP contribution in [-0.2, 0) is 9.59 Å². The molecule has 0 radical (unpaired) electrons. The van der Waals surface area contributed by atoms with E-state index in [0.717, 1.165) is 13.1 Å². The van der Waals surface area contributed by atoms with Gasteiger partial charge in [-0.05, 0) is 32.0 Å². The number of hydrogen-bond donors (Lipinski definition) is 2. The van der Waals surface area contributed by atoms with Crippen LogP contribution in [0.25, 0.3) is 0 Å². The molecule has 1 aliphatic heterocycles. The Hall–Kier alpha value is -1.40. The normalized spacial score (nSPS) is 16.9. The van der Waals surface area contributed by atoms with Gasteiger partial charge in [-0.1, -0.05) is 6.58 Å². The monoisotopic (exact) mass is 269 g/mol. The second kappa shape index (κ2) is 7.91. The van der Waals surface area contributed by atoms with Crippen LogP contribution in [0.1, 0.15) is 12.8 Å². The third kappa shape index (κ3) is 5.40. The molecule has 1 atom stereocenters. The molecule has 0 saturated carbocycles. The van der Waals surface area contributed by atoms with E-state index in [4.69, 9.17) is 0 Å². The molecular weight excluding hydrogens is 246 g/mol. The smallest absolute Gasteiger partial charge is 0.246 e. The molecule has 0 aromatic rings. The molecule has 1 rings (SSSR count). The number of aliphatic hydroxyl groups excluding tert-OH is 1. The van der Waals surface area contributed by atoms with E-state index >= 15 is 0 Å². The van der Waals surface area contributed by atoms with Gasteiger partial charge in [-0.2, -0.15) is 0 Å². The summed E-state index contributed by atoms with van der Waals surface area (Å²) in [5, 5.41) is 12.0. The lowest BCUT2D eigenvalue weighted by atomic mass is 10.3. The van der Waals surface area contributed by atoms with Crippen molar-refractivity contribution in [2.45, 2.75) is 18.9 Å². The molecule has 0 spiro atoms. The van der Waals surface area contributed by atoms with Crippen LogP contribution < -0.4 is 5.32 Å². The largest absolute Gasteiger partial charge is 0.394 e. The van der Waals surface area contributed by atoms with E-state index in [-0.39, 0.29) is 31.0 Å². The number of likely N-dealkylation sites (N-methyl/N-ethyl adjacent to an activating group) is 1. The maximum absolute atomic E-state index is 11.7. The third-order valence-corrected chi connectivity index (χ3v) is 3.19. The minimum absolute atomic E-state index is 0.0264. The zero-order valence-electron chi connectivity index (χ0n) is 11.5. The van der Waals surface area contributed by atoms with E-state index in [1.807, 2.05) is 0 Å². The Kier molecular flexibility index (Phi) is 6.52. The van der Waals surface area contributed by atoms with E-state index in [0.29, 0.717) is 6.54 Å². The average Bonchev–Trinajstić information content (AvgIpc) is 2.89. The van der Waals surface area contributed by atoms with Crippen LogP contribution in [0.15, 0.2) is 12.7 Å². The number of carbonyl (C=O) groups is 2. The summed E-state index contributed by atoms with van der Waals surface area (Å²) in [5.41, 5.74) is 0. The summed E-state index contributed by atoms with van der Waals surface area (Å²) in [6.07, 6.45) is 3.51. The minimum atomic E-state index is -0.296. The molecule has 1 heterocycles. The SMILES string of the molecule is C=CC(=O)N(C)CC(=O)NC(CO)CN1CCCC1. The third-order valence-electron chi connectivity index (χ3n) is 3.19. The number of aliphatic hydroxyl groups is 1. The van der Waals surface area contributed by atoms with E-state index in [1.54, 1.807) is 0 Å². The lowest BCUT2D eigenvalue weighted by Gasteiger charge is -2.24. The van der Waals surface area contributed by atoms with Crippen molar-refractivity contribution in [1.82, 2.24) is 15.1 Å². The van der Waals surface area contributed by atoms with Crippen molar-refractivity contribution in [3.8, 4) is 0 Å². The number of nitrogens with one attached hydrogen (secondary N) is 1. The molecule has 1 saturated heterocycles. The molecule has 6 heteroatoms. The molecule has 1 fully saturated rings. The molecule has 19 heavy (non-hydrogen) atoms. The lowest BCUT2D eigenvalue weighted by molar-refractivity contribution is -0.131. The molecule has 0 aromatic heterocycles. The van der Waals surface area contributed by atoms with Crippen LogP contribution >= 0.6 is 0 Å². The van der Waals surface area contributed by atoms with Gasteiger partial charge in [-0.15, -0.1) is 0 Å². The molecule has 1 unspecified atom stereocenters. The van der Waals surface area contributed by atoms with Gasteiger partial charge >= 0.3 is 0 Å². The second-order valence-electron chi connectivity index (χ2n) is 4.85. The van der Waals surface area contributed by atoms with E-state index in [9.17, 15) is 14.7 Å². The number of likely N-dealkylation sites (tertiary alicyclic amines) is 1. The summed E-state index contributed by atoms with van der Waals surface area (Å²) >= 11 is 0. The fourth-order valence-corrected chi connectivity index (χ4v) is 2.15. The van der Waals surface area contributed by atoms with Crippen molar-refractivity contribution in [3.63, 3.8) is 0 Å². The van der Waals surface area contributed by atoms with E-state index in [1.165, 1.54) is 30.9 Å². The first-order chi connectivity index (χ1) is 9.06. The highest BCUT2D eigenvalue weighted by atomic mass is 16.3. The lowest BCUT2D eigenvalue weighted by Crippen LogP contribution is -2.48. The summed E-state index contributed by atoms with van der Waals surface area (Å²) in [7, 11) is 1.54. The Labute approximate surface area is 114 Å². The van der Waals surface area contributed by atoms with E-state index < -0.39 is 0 Å². The van der Waals surface area contributed by atoms with Crippen molar-refractivity contribution < 1.29 is 14.7 Å². The van der Waals surface area contributed by atoms with Crippen molar-refractivity contribution in [3.05, 3.63) is 12.7 Å². The minimum Gasteiger partial charge on any atom is -0.394 e. The van der Waals surface area contributed by atoms with Gasteiger partial charge in [0, 0.05) is 13.6 Å². The van der Waals surface area contributed by atoms with Crippen LogP contribution in [0.5, 0.6) is 0 Å². The number of nitrogens with zero attached hydrogens (tertiary/aromatic N) is 2. The van der Waals surface area contributed by atoms with Crippen LogP contribution in [0.4, 0.5) is 0 Å². The Bertz CT molecular complexity index is 327. The zero-order chi connectivity index (χ0) is 14.3. The number of carbonyl (C=O) groups excluding carboxylic acids is 2. The quantitative estimate of drug-likeness (QED) is 0.594.